The molecule has 0 saturated heterocycles. The molecule has 1 aromatic heterocycles. The van der Waals surface area contributed by atoms with E-state index in [9.17, 15) is 0 Å². The van der Waals surface area contributed by atoms with Gasteiger partial charge in [-0.15, -0.1) is 8.19 Å². The normalized spacial score (nSPS) is 19.9. The number of allylic oxidation sites excluding steroid dienone is 4. The predicted octanol–water partition coefficient (Wildman–Crippen LogP) is 8.99. The molecule has 2 aliphatic carbocycles. The summed E-state index contributed by atoms with van der Waals surface area (Å²) in [5, 5.41) is 1.52. The third-order valence-electron chi connectivity index (χ3n) is 7.08. The molecule has 1 atom stereocenters. The van der Waals surface area contributed by atoms with Gasteiger partial charge in [0.25, 0.3) is 0 Å². The fourth-order valence-corrected chi connectivity index (χ4v) is 6.64. The largest absolute Gasteiger partial charge is 0.248 e. The van der Waals surface area contributed by atoms with Crippen molar-refractivity contribution in [2.75, 3.05) is 0 Å². The van der Waals surface area contributed by atoms with Crippen LogP contribution in [0.1, 0.15) is 111 Å². The Morgan fingerprint density at radius 1 is 0.800 bits per heavy atom. The zero-order valence-electron chi connectivity index (χ0n) is 19.2. The molecule has 0 spiro atoms. The van der Waals surface area contributed by atoms with Crippen molar-refractivity contribution < 1.29 is 0 Å². The van der Waals surface area contributed by atoms with Crippen LogP contribution in [0.5, 0.6) is 0 Å². The quantitative estimate of drug-likeness (QED) is 0.483. The van der Waals surface area contributed by atoms with E-state index in [-0.39, 0.29) is 0 Å². The van der Waals surface area contributed by atoms with Crippen molar-refractivity contribution in [1.82, 2.24) is 4.98 Å². The van der Waals surface area contributed by atoms with E-state index in [0.29, 0.717) is 5.92 Å². The third-order valence-corrected chi connectivity index (χ3v) is 8.47. The van der Waals surface area contributed by atoms with Crippen molar-refractivity contribution >= 4 is 19.3 Å². The average Bonchev–Trinajstić information content (AvgIpc) is 3.28. The van der Waals surface area contributed by atoms with Crippen molar-refractivity contribution in [1.29, 1.82) is 0 Å². The lowest BCUT2D eigenvalue weighted by molar-refractivity contribution is 0.512. The number of aromatic nitrogens is 1. The molecule has 0 aliphatic heterocycles. The Morgan fingerprint density at radius 3 is 2.03 bits per heavy atom. The Bertz CT molecular complexity index is 901. The maximum Gasteiger partial charge on any atom is 0.0745 e. The minimum absolute atomic E-state index is 0.716. The Balaban J connectivity index is 1.62. The van der Waals surface area contributed by atoms with Crippen LogP contribution in [-0.4, -0.2) is 4.98 Å². The number of nitrogens with zero attached hydrogens (tertiary/aromatic N) is 1. The van der Waals surface area contributed by atoms with Gasteiger partial charge in [-0.05, 0) is 67.6 Å². The van der Waals surface area contributed by atoms with Gasteiger partial charge in [0.15, 0.2) is 0 Å². The molecule has 0 N–H and O–H groups in total. The standard InChI is InChI=1S/C28H38NP/c1-20-14-17-23(18-15-20)26-21(2)16-19-25(26)27-22(3)30-28(29-27)24-12-10-8-6-4-5-7-9-11-13-24/h14-18,24,30H,4-13,19H2,1-3H3. The van der Waals surface area contributed by atoms with Crippen LogP contribution in [0.15, 0.2) is 35.9 Å². The Labute approximate surface area is 185 Å². The van der Waals surface area contributed by atoms with Crippen LogP contribution in [-0.2, 0) is 0 Å². The van der Waals surface area contributed by atoms with Crippen LogP contribution in [0.2, 0.25) is 0 Å². The van der Waals surface area contributed by atoms with Crippen LogP contribution in [0.4, 0.5) is 0 Å². The van der Waals surface area contributed by atoms with Gasteiger partial charge in [-0.25, -0.2) is 4.98 Å². The second-order valence-electron chi connectivity index (χ2n) is 9.51. The highest BCUT2D eigenvalue weighted by atomic mass is 31.0. The molecule has 1 saturated carbocycles. The van der Waals surface area contributed by atoms with Crippen LogP contribution >= 0.6 is 8.19 Å². The highest BCUT2D eigenvalue weighted by Crippen LogP contribution is 2.44. The lowest BCUT2D eigenvalue weighted by Crippen LogP contribution is -2.00. The highest BCUT2D eigenvalue weighted by molar-refractivity contribution is 7.31. The Kier molecular flexibility index (Phi) is 7.32. The number of hydrogen-bond acceptors (Lipinski definition) is 1. The topological polar surface area (TPSA) is 12.9 Å². The van der Waals surface area contributed by atoms with E-state index in [1.165, 1.54) is 108 Å². The number of aryl methyl sites for hydroxylation is 2. The second kappa shape index (κ2) is 10.1. The lowest BCUT2D eigenvalue weighted by Gasteiger charge is -2.14. The molecule has 2 heteroatoms. The molecule has 1 unspecified atom stereocenters. The number of rotatable bonds is 3. The fourth-order valence-electron chi connectivity index (χ4n) is 5.27. The molecule has 0 bridgehead atoms. The van der Waals surface area contributed by atoms with Crippen LogP contribution in [0, 0.1) is 13.8 Å². The summed E-state index contributed by atoms with van der Waals surface area (Å²) in [7, 11) is 0.810. The molecule has 1 aromatic carbocycles. The Morgan fingerprint density at radius 2 is 1.40 bits per heavy atom. The van der Waals surface area contributed by atoms with Crippen molar-refractivity contribution in [2.24, 2.45) is 0 Å². The summed E-state index contributed by atoms with van der Waals surface area (Å²) in [6, 6.07) is 9.05. The summed E-state index contributed by atoms with van der Waals surface area (Å²) in [5.41, 5.74) is 9.82. The first kappa shape index (κ1) is 21.6. The molecular weight excluding hydrogens is 381 g/mol. The van der Waals surface area contributed by atoms with Crippen molar-refractivity contribution in [2.45, 2.75) is 97.3 Å². The molecule has 0 radical (unpaired) electrons. The second-order valence-corrected chi connectivity index (χ2v) is 11.0. The van der Waals surface area contributed by atoms with Gasteiger partial charge >= 0.3 is 0 Å². The van der Waals surface area contributed by atoms with E-state index in [1.54, 1.807) is 0 Å². The van der Waals surface area contributed by atoms with E-state index in [0.717, 1.165) is 14.6 Å². The smallest absolute Gasteiger partial charge is 0.0745 e. The number of benzene rings is 1. The summed E-state index contributed by atoms with van der Waals surface area (Å²) < 4.78 is 0. The van der Waals surface area contributed by atoms with Crippen molar-refractivity contribution in [3.8, 4) is 0 Å². The third kappa shape index (κ3) is 5.00. The summed E-state index contributed by atoms with van der Waals surface area (Å²) in [4.78, 5) is 5.37. The van der Waals surface area contributed by atoms with E-state index in [2.05, 4.69) is 51.1 Å². The van der Waals surface area contributed by atoms with Gasteiger partial charge in [-0.3, -0.25) is 0 Å². The van der Waals surface area contributed by atoms with Gasteiger partial charge in [-0.2, -0.15) is 0 Å². The molecule has 2 aliphatic rings. The molecule has 1 nitrogen and oxygen atoms in total. The molecule has 1 fully saturated rings. The van der Waals surface area contributed by atoms with E-state index >= 15 is 0 Å². The average molecular weight is 420 g/mol. The molecule has 4 rings (SSSR count). The fraction of sp³-hybridized carbons (Fsp3) is 0.536. The zero-order chi connectivity index (χ0) is 20.9. The van der Waals surface area contributed by atoms with Gasteiger partial charge in [0.1, 0.15) is 0 Å². The Hall–Kier alpha value is -1.59. The predicted molar refractivity (Wildman–Crippen MR) is 134 cm³/mol. The first-order valence-corrected chi connectivity index (χ1v) is 13.2. The van der Waals surface area contributed by atoms with Crippen LogP contribution in [0.25, 0.3) is 11.1 Å². The zero-order valence-corrected chi connectivity index (χ0v) is 20.2. The maximum atomic E-state index is 5.37. The summed E-state index contributed by atoms with van der Waals surface area (Å²) >= 11 is 0. The minimum Gasteiger partial charge on any atom is -0.248 e. The SMILES string of the molecule is CC1=CCC(c2nc(C3CCCCCCCCCC3)[pH]c2C)=C1c1ccc(C)cc1. The summed E-state index contributed by atoms with van der Waals surface area (Å²) in [6.45, 7) is 6.77. The molecule has 30 heavy (non-hydrogen) atoms. The van der Waals surface area contributed by atoms with Gasteiger partial charge in [0.05, 0.1) is 11.1 Å². The molecule has 1 heterocycles. The summed E-state index contributed by atoms with van der Waals surface area (Å²) in [5.74, 6) is 0.716. The van der Waals surface area contributed by atoms with E-state index in [1.807, 2.05) is 0 Å². The minimum atomic E-state index is 0.716. The first-order chi connectivity index (χ1) is 14.6. The maximum absolute atomic E-state index is 5.37. The highest BCUT2D eigenvalue weighted by Gasteiger charge is 2.23. The van der Waals surface area contributed by atoms with Crippen LogP contribution in [0.3, 0.4) is 0 Å². The van der Waals surface area contributed by atoms with Crippen molar-refractivity contribution in [3.63, 3.8) is 0 Å². The van der Waals surface area contributed by atoms with Gasteiger partial charge in [0, 0.05) is 5.92 Å². The number of hydrogen-bond donors (Lipinski definition) is 0. The molecule has 2 aromatic rings. The van der Waals surface area contributed by atoms with Gasteiger partial charge in [-0.1, -0.05) is 87.3 Å². The van der Waals surface area contributed by atoms with Crippen molar-refractivity contribution in [3.05, 3.63) is 63.5 Å². The molecule has 0 amide bonds. The first-order valence-electron chi connectivity index (χ1n) is 12.2. The summed E-state index contributed by atoms with van der Waals surface area (Å²) in [6.07, 6.45) is 17.5. The molecule has 160 valence electrons. The lowest BCUT2D eigenvalue weighted by atomic mass is 9.95. The van der Waals surface area contributed by atoms with Gasteiger partial charge in [0.2, 0.25) is 0 Å². The molecular formula is C28H38NP. The van der Waals surface area contributed by atoms with Crippen LogP contribution < -0.4 is 0 Å². The van der Waals surface area contributed by atoms with E-state index < -0.39 is 0 Å². The van der Waals surface area contributed by atoms with E-state index in [4.69, 9.17) is 4.98 Å². The monoisotopic (exact) mass is 419 g/mol. The van der Waals surface area contributed by atoms with Gasteiger partial charge < -0.3 is 0 Å².